The molecule has 0 amide bonds. The summed E-state index contributed by atoms with van der Waals surface area (Å²) in [6.45, 7) is 16.0. The van der Waals surface area contributed by atoms with Gasteiger partial charge < -0.3 is 10.1 Å². The minimum atomic E-state index is -2.71. The third-order valence-corrected chi connectivity index (χ3v) is 6.69. The van der Waals surface area contributed by atoms with E-state index in [-0.39, 0.29) is 5.56 Å². The molecule has 1 unspecified atom stereocenters. The fraction of sp³-hybridized carbons (Fsp3) is 0.278. The number of carbonyl (C=O) groups excluding carboxylic acids is 1. The number of carbonyl (C=O) groups is 1. The number of nitrogens with one attached hydrogen (secondary N) is 1. The fourth-order valence-corrected chi connectivity index (χ4v) is 4.32. The van der Waals surface area contributed by atoms with E-state index in [4.69, 9.17) is 9.78 Å². The van der Waals surface area contributed by atoms with Crippen LogP contribution in [-0.2, 0) is 28.3 Å². The van der Waals surface area contributed by atoms with Gasteiger partial charge in [0.05, 0.1) is 11.2 Å². The normalized spacial score (nSPS) is 12.2. The quantitative estimate of drug-likeness (QED) is 0.223. The Labute approximate surface area is 249 Å². The van der Waals surface area contributed by atoms with E-state index in [9.17, 15) is 13.2 Å². The smallest absolute Gasteiger partial charge is 0.270 e. The van der Waals surface area contributed by atoms with Crippen LogP contribution >= 0.6 is 0 Å². The number of alkyl halides is 3. The van der Waals surface area contributed by atoms with Gasteiger partial charge in [0, 0.05) is 25.1 Å². The summed E-state index contributed by atoms with van der Waals surface area (Å²) in [6, 6.07) is 28.5. The summed E-state index contributed by atoms with van der Waals surface area (Å²) in [5.41, 5.74) is 4.03. The standard InChI is InChI=1S/C24H27FN2.C9H10F2.C2H4.CH2O/c1-18-13-14-22(27-17-18)24(26-4,16-19-9-6-5-7-10-19)21-12-8-11-20(15-21)23(2,3)25;1-7-3-5-8(6-4-7)9(2,10)11;2*1-2/h5-15,17,26H,16H2,1-4H3;3-6H,1-2H3;1-2H2;1H2. The summed E-state index contributed by atoms with van der Waals surface area (Å²) in [4.78, 5) is 12.7. The predicted molar refractivity (Wildman–Crippen MR) is 169 cm³/mol. The number of rotatable bonds is 7. The van der Waals surface area contributed by atoms with Crippen LogP contribution in [0.25, 0.3) is 0 Å². The van der Waals surface area contributed by atoms with Crippen molar-refractivity contribution in [3.63, 3.8) is 0 Å². The van der Waals surface area contributed by atoms with Crippen LogP contribution in [0.2, 0.25) is 0 Å². The highest BCUT2D eigenvalue weighted by Crippen LogP contribution is 2.35. The van der Waals surface area contributed by atoms with Gasteiger partial charge in [-0.3, -0.25) is 4.98 Å². The number of halogens is 3. The zero-order valence-corrected chi connectivity index (χ0v) is 25.6. The van der Waals surface area contributed by atoms with Gasteiger partial charge in [-0.25, -0.2) is 13.2 Å². The Morgan fingerprint density at radius 3 is 1.74 bits per heavy atom. The minimum absolute atomic E-state index is 0.0723. The Morgan fingerprint density at radius 1 is 0.714 bits per heavy atom. The summed E-state index contributed by atoms with van der Waals surface area (Å²) >= 11 is 0. The van der Waals surface area contributed by atoms with Gasteiger partial charge in [-0.15, -0.1) is 13.2 Å². The average Bonchev–Trinajstić information content (AvgIpc) is 2.99. The summed E-state index contributed by atoms with van der Waals surface area (Å²) in [7, 11) is 1.94. The maximum Gasteiger partial charge on any atom is 0.270 e. The van der Waals surface area contributed by atoms with Crippen molar-refractivity contribution in [2.75, 3.05) is 7.05 Å². The second kappa shape index (κ2) is 16.4. The molecule has 0 saturated heterocycles. The van der Waals surface area contributed by atoms with Gasteiger partial charge in [0.1, 0.15) is 12.5 Å². The molecule has 0 fully saturated rings. The largest absolute Gasteiger partial charge is 0.307 e. The molecule has 1 heterocycles. The molecule has 0 saturated carbocycles. The highest BCUT2D eigenvalue weighted by molar-refractivity contribution is 5.41. The van der Waals surface area contributed by atoms with E-state index in [2.05, 4.69) is 48.8 Å². The number of pyridine rings is 1. The Balaban J connectivity index is 0.000000491. The number of likely N-dealkylation sites (N-methyl/N-ethyl adjacent to an activating group) is 1. The highest BCUT2D eigenvalue weighted by Gasteiger charge is 2.35. The molecule has 4 rings (SSSR count). The van der Waals surface area contributed by atoms with Gasteiger partial charge in [-0.1, -0.05) is 90.5 Å². The van der Waals surface area contributed by atoms with Crippen LogP contribution < -0.4 is 5.32 Å². The van der Waals surface area contributed by atoms with Gasteiger partial charge in [-0.2, -0.15) is 0 Å². The molecule has 1 N–H and O–H groups in total. The predicted octanol–water partition coefficient (Wildman–Crippen LogP) is 9.02. The molecule has 3 aromatic carbocycles. The Morgan fingerprint density at radius 2 is 1.26 bits per heavy atom. The monoisotopic (exact) mass is 576 g/mol. The molecule has 0 aliphatic rings. The first-order chi connectivity index (χ1) is 19.8. The molecule has 0 aliphatic heterocycles. The van der Waals surface area contributed by atoms with Gasteiger partial charge in [-0.05, 0) is 63.1 Å². The first kappa shape index (κ1) is 36.0. The van der Waals surface area contributed by atoms with Crippen LogP contribution in [0.1, 0.15) is 59.8 Å². The molecule has 0 radical (unpaired) electrons. The molecule has 3 nitrogen and oxygen atoms in total. The van der Waals surface area contributed by atoms with Gasteiger partial charge >= 0.3 is 0 Å². The molecule has 0 spiro atoms. The molecular formula is C36H43F3N2O. The third-order valence-electron chi connectivity index (χ3n) is 6.69. The van der Waals surface area contributed by atoms with E-state index in [0.717, 1.165) is 35.7 Å². The van der Waals surface area contributed by atoms with Crippen LogP contribution in [0, 0.1) is 13.8 Å². The molecule has 4 aromatic rings. The molecule has 0 bridgehead atoms. The second-order valence-electron chi connectivity index (χ2n) is 10.3. The highest BCUT2D eigenvalue weighted by atomic mass is 19.3. The first-order valence-corrected chi connectivity index (χ1v) is 13.5. The fourth-order valence-electron chi connectivity index (χ4n) is 4.32. The molecule has 0 aliphatic carbocycles. The van der Waals surface area contributed by atoms with Crippen LogP contribution in [0.3, 0.4) is 0 Å². The lowest BCUT2D eigenvalue weighted by Gasteiger charge is -2.35. The van der Waals surface area contributed by atoms with E-state index < -0.39 is 17.1 Å². The zero-order valence-electron chi connectivity index (χ0n) is 25.6. The maximum atomic E-state index is 14.6. The van der Waals surface area contributed by atoms with Crippen molar-refractivity contribution in [2.45, 2.75) is 58.2 Å². The van der Waals surface area contributed by atoms with Crippen molar-refractivity contribution in [2.24, 2.45) is 0 Å². The van der Waals surface area contributed by atoms with Gasteiger partial charge in [0.2, 0.25) is 0 Å². The lowest BCUT2D eigenvalue weighted by molar-refractivity contribution is -0.0980. The van der Waals surface area contributed by atoms with Gasteiger partial charge in [0.15, 0.2) is 0 Å². The van der Waals surface area contributed by atoms with Crippen LogP contribution in [0.15, 0.2) is 110 Å². The van der Waals surface area contributed by atoms with E-state index in [1.807, 2.05) is 70.3 Å². The lowest BCUT2D eigenvalue weighted by atomic mass is 9.79. The molecule has 224 valence electrons. The van der Waals surface area contributed by atoms with Crippen LogP contribution in [0.4, 0.5) is 13.2 Å². The third kappa shape index (κ3) is 10.1. The van der Waals surface area contributed by atoms with Crippen LogP contribution in [0.5, 0.6) is 0 Å². The van der Waals surface area contributed by atoms with E-state index in [1.165, 1.54) is 17.7 Å². The van der Waals surface area contributed by atoms with Crippen molar-refractivity contribution >= 4 is 6.79 Å². The molecule has 1 atom stereocenters. The number of aromatic nitrogens is 1. The van der Waals surface area contributed by atoms with Gasteiger partial charge in [0.25, 0.3) is 5.92 Å². The van der Waals surface area contributed by atoms with Crippen LogP contribution in [-0.4, -0.2) is 18.8 Å². The Hall–Kier alpha value is -4.03. The van der Waals surface area contributed by atoms with E-state index in [0.29, 0.717) is 5.56 Å². The van der Waals surface area contributed by atoms with Crippen molar-refractivity contribution in [1.82, 2.24) is 10.3 Å². The average molecular weight is 577 g/mol. The first-order valence-electron chi connectivity index (χ1n) is 13.5. The number of benzene rings is 3. The molecule has 1 aromatic heterocycles. The number of hydrogen-bond acceptors (Lipinski definition) is 3. The summed E-state index contributed by atoms with van der Waals surface area (Å²) in [5.74, 6) is -2.71. The van der Waals surface area contributed by atoms with Crippen molar-refractivity contribution in [3.8, 4) is 0 Å². The summed E-state index contributed by atoms with van der Waals surface area (Å²) in [6.07, 6.45) is 2.60. The molecule has 6 heteroatoms. The Kier molecular flexibility index (Phi) is 14.1. The summed E-state index contributed by atoms with van der Waals surface area (Å²) in [5, 5.41) is 3.51. The number of aryl methyl sites for hydroxylation is 2. The maximum absolute atomic E-state index is 14.6. The van der Waals surface area contributed by atoms with E-state index in [1.54, 1.807) is 26.0 Å². The van der Waals surface area contributed by atoms with Crippen molar-refractivity contribution < 1.29 is 18.0 Å². The molecular weight excluding hydrogens is 533 g/mol. The molecule has 42 heavy (non-hydrogen) atoms. The SMILES string of the molecule is C=C.C=O.CNC(Cc1ccccc1)(c1cccc(C(C)(C)F)c1)c1ccc(C)cn1.Cc1ccc(C(C)(F)F)cc1. The zero-order chi connectivity index (χ0) is 32.0. The minimum Gasteiger partial charge on any atom is -0.307 e. The van der Waals surface area contributed by atoms with Crippen molar-refractivity contribution in [3.05, 3.63) is 149 Å². The number of hydrogen-bond donors (Lipinski definition) is 1. The van der Waals surface area contributed by atoms with Crippen molar-refractivity contribution in [1.29, 1.82) is 0 Å². The topological polar surface area (TPSA) is 42.0 Å². The summed E-state index contributed by atoms with van der Waals surface area (Å²) < 4.78 is 39.8. The van der Waals surface area contributed by atoms with E-state index >= 15 is 0 Å². The second-order valence-corrected chi connectivity index (χ2v) is 10.3. The Bertz CT molecular complexity index is 1330. The lowest BCUT2D eigenvalue weighted by Crippen LogP contribution is -2.44. The number of nitrogens with zero attached hydrogens (tertiary/aromatic N) is 1.